The molecule has 1 aliphatic carbocycles. The molecule has 0 aromatic rings. The molecule has 0 atom stereocenters. The summed E-state index contributed by atoms with van der Waals surface area (Å²) in [4.78, 5) is 0. The number of hydrogen-bond donors (Lipinski definition) is 2. The molecule has 0 aromatic carbocycles. The van der Waals surface area contributed by atoms with Gasteiger partial charge in [-0.3, -0.25) is 0 Å². The first kappa shape index (κ1) is 13.3. The van der Waals surface area contributed by atoms with Crippen LogP contribution in [0.2, 0.25) is 0 Å². The Morgan fingerprint density at radius 3 is 2.18 bits per heavy atom. The van der Waals surface area contributed by atoms with Gasteiger partial charge in [0.05, 0.1) is 12.1 Å². The molecule has 6 heteroatoms. The third-order valence-corrected chi connectivity index (χ3v) is 5.60. The van der Waals surface area contributed by atoms with Gasteiger partial charge in [0, 0.05) is 13.1 Å². The molecule has 0 radical (unpaired) electrons. The smallest absolute Gasteiger partial charge is 0.280 e. The van der Waals surface area contributed by atoms with Crippen LogP contribution in [-0.2, 0) is 10.2 Å². The van der Waals surface area contributed by atoms with E-state index in [0.717, 1.165) is 44.9 Å². The number of rotatable bonds is 4. The molecule has 0 aromatic heterocycles. The lowest BCUT2D eigenvalue weighted by atomic mass is 10.0. The minimum Gasteiger partial charge on any atom is -0.394 e. The number of hydrogen-bond acceptors (Lipinski definition) is 3. The lowest BCUT2D eigenvalue weighted by Crippen LogP contribution is -2.55. The Labute approximate surface area is 103 Å². The molecule has 0 amide bonds. The maximum Gasteiger partial charge on any atom is 0.280 e. The molecule has 0 unspecified atom stereocenters. The summed E-state index contributed by atoms with van der Waals surface area (Å²) in [5.41, 5.74) is -0.601. The second-order valence-electron chi connectivity index (χ2n) is 5.21. The first-order valence-electron chi connectivity index (χ1n) is 6.48. The van der Waals surface area contributed by atoms with Crippen LogP contribution in [0.3, 0.4) is 0 Å². The Balaban J connectivity index is 2.05. The van der Waals surface area contributed by atoms with Gasteiger partial charge < -0.3 is 5.11 Å². The zero-order valence-corrected chi connectivity index (χ0v) is 11.0. The Morgan fingerprint density at radius 2 is 1.65 bits per heavy atom. The normalized spacial score (nSPS) is 26.2. The van der Waals surface area contributed by atoms with Crippen LogP contribution >= 0.6 is 0 Å². The first-order valence-corrected chi connectivity index (χ1v) is 7.92. The van der Waals surface area contributed by atoms with Gasteiger partial charge in [-0.15, -0.1) is 0 Å². The van der Waals surface area contributed by atoms with E-state index in [4.69, 9.17) is 0 Å². The van der Waals surface area contributed by atoms with Crippen molar-refractivity contribution in [2.45, 2.75) is 50.5 Å². The Hall–Kier alpha value is -0.170. The van der Waals surface area contributed by atoms with Crippen LogP contribution in [0.5, 0.6) is 0 Å². The number of nitrogens with zero attached hydrogens (tertiary/aromatic N) is 1. The Kier molecular flexibility index (Phi) is 4.07. The predicted octanol–water partition coefficient (Wildman–Crippen LogP) is 0.612. The van der Waals surface area contributed by atoms with Crippen LogP contribution in [0.25, 0.3) is 0 Å². The van der Waals surface area contributed by atoms with Gasteiger partial charge in [-0.25, -0.2) is 0 Å². The van der Waals surface area contributed by atoms with Gasteiger partial charge in [-0.2, -0.15) is 17.4 Å². The number of piperidine rings is 1. The molecular formula is C11H22N2O3S. The maximum absolute atomic E-state index is 12.2. The predicted molar refractivity (Wildman–Crippen MR) is 65.8 cm³/mol. The van der Waals surface area contributed by atoms with Gasteiger partial charge in [-0.1, -0.05) is 19.3 Å². The highest BCUT2D eigenvalue weighted by Gasteiger charge is 2.39. The second kappa shape index (κ2) is 5.22. The third kappa shape index (κ3) is 2.99. The van der Waals surface area contributed by atoms with Gasteiger partial charge in [0.2, 0.25) is 0 Å². The van der Waals surface area contributed by atoms with E-state index in [9.17, 15) is 13.5 Å². The van der Waals surface area contributed by atoms with Crippen molar-refractivity contribution >= 4 is 10.2 Å². The summed E-state index contributed by atoms with van der Waals surface area (Å²) >= 11 is 0. The van der Waals surface area contributed by atoms with Crippen LogP contribution in [-0.4, -0.2) is 43.1 Å². The number of aliphatic hydroxyl groups excluding tert-OH is 1. The fourth-order valence-corrected chi connectivity index (χ4v) is 4.47. The summed E-state index contributed by atoms with van der Waals surface area (Å²) in [5.74, 6) is 0. The molecular weight excluding hydrogens is 240 g/mol. The molecule has 2 aliphatic rings. The fraction of sp³-hybridized carbons (Fsp3) is 1.00. The first-order chi connectivity index (χ1) is 8.08. The average Bonchev–Trinajstić information content (AvgIpc) is 2.79. The molecule has 1 aliphatic heterocycles. The monoisotopic (exact) mass is 262 g/mol. The SMILES string of the molecule is O=S(=O)(NC1(CO)CCCC1)N1CCCCC1. The van der Waals surface area contributed by atoms with Gasteiger partial charge in [0.1, 0.15) is 0 Å². The molecule has 5 nitrogen and oxygen atoms in total. The minimum atomic E-state index is -3.41. The van der Waals surface area contributed by atoms with Crippen molar-refractivity contribution in [2.75, 3.05) is 19.7 Å². The van der Waals surface area contributed by atoms with Crippen molar-refractivity contribution in [3.05, 3.63) is 0 Å². The van der Waals surface area contributed by atoms with E-state index < -0.39 is 15.7 Å². The highest BCUT2D eigenvalue weighted by atomic mass is 32.2. The van der Waals surface area contributed by atoms with Gasteiger partial charge in [0.25, 0.3) is 10.2 Å². The summed E-state index contributed by atoms with van der Waals surface area (Å²) < 4.78 is 28.7. The zero-order chi connectivity index (χ0) is 12.4. The van der Waals surface area contributed by atoms with Crippen LogP contribution in [0, 0.1) is 0 Å². The fourth-order valence-electron chi connectivity index (χ4n) is 2.79. The van der Waals surface area contributed by atoms with Crippen LogP contribution < -0.4 is 4.72 Å². The molecule has 1 saturated carbocycles. The van der Waals surface area contributed by atoms with E-state index in [2.05, 4.69) is 4.72 Å². The highest BCUT2D eigenvalue weighted by molar-refractivity contribution is 7.87. The van der Waals surface area contributed by atoms with Crippen molar-refractivity contribution in [1.29, 1.82) is 0 Å². The molecule has 1 heterocycles. The Bertz CT molecular complexity index is 344. The molecule has 2 rings (SSSR count). The van der Waals surface area contributed by atoms with Gasteiger partial charge in [-0.05, 0) is 25.7 Å². The number of aliphatic hydroxyl groups is 1. The van der Waals surface area contributed by atoms with Crippen molar-refractivity contribution in [3.63, 3.8) is 0 Å². The van der Waals surface area contributed by atoms with E-state index in [-0.39, 0.29) is 6.61 Å². The minimum absolute atomic E-state index is 0.0972. The van der Waals surface area contributed by atoms with Crippen LogP contribution in [0.1, 0.15) is 44.9 Å². The molecule has 17 heavy (non-hydrogen) atoms. The van der Waals surface area contributed by atoms with Crippen molar-refractivity contribution in [1.82, 2.24) is 9.03 Å². The van der Waals surface area contributed by atoms with Crippen molar-refractivity contribution in [2.24, 2.45) is 0 Å². The molecule has 100 valence electrons. The van der Waals surface area contributed by atoms with Crippen molar-refractivity contribution in [3.8, 4) is 0 Å². The summed E-state index contributed by atoms with van der Waals surface area (Å²) in [7, 11) is -3.41. The average molecular weight is 262 g/mol. The third-order valence-electron chi connectivity index (χ3n) is 3.86. The lowest BCUT2D eigenvalue weighted by molar-refractivity contribution is 0.181. The quantitative estimate of drug-likeness (QED) is 0.780. The molecule has 2 N–H and O–H groups in total. The van der Waals surface area contributed by atoms with Crippen LogP contribution in [0.15, 0.2) is 0 Å². The Morgan fingerprint density at radius 1 is 1.06 bits per heavy atom. The summed E-state index contributed by atoms with van der Waals surface area (Å²) in [6.07, 6.45) is 6.45. The number of nitrogens with one attached hydrogen (secondary N) is 1. The largest absolute Gasteiger partial charge is 0.394 e. The van der Waals surface area contributed by atoms with Gasteiger partial charge in [0.15, 0.2) is 0 Å². The van der Waals surface area contributed by atoms with E-state index in [0.29, 0.717) is 13.1 Å². The molecule has 0 bridgehead atoms. The zero-order valence-electron chi connectivity index (χ0n) is 10.2. The molecule has 1 saturated heterocycles. The summed E-state index contributed by atoms with van der Waals surface area (Å²) in [5, 5.41) is 9.43. The highest BCUT2D eigenvalue weighted by Crippen LogP contribution is 2.30. The lowest BCUT2D eigenvalue weighted by Gasteiger charge is -2.33. The van der Waals surface area contributed by atoms with E-state index >= 15 is 0 Å². The van der Waals surface area contributed by atoms with Crippen LogP contribution in [0.4, 0.5) is 0 Å². The summed E-state index contributed by atoms with van der Waals surface area (Å²) in [6, 6.07) is 0. The summed E-state index contributed by atoms with van der Waals surface area (Å²) in [6.45, 7) is 1.12. The standard InChI is InChI=1S/C11H22N2O3S/c14-10-11(6-2-3-7-11)12-17(15,16)13-8-4-1-5-9-13/h12,14H,1-10H2. The van der Waals surface area contributed by atoms with E-state index in [1.54, 1.807) is 0 Å². The topological polar surface area (TPSA) is 69.6 Å². The van der Waals surface area contributed by atoms with E-state index in [1.165, 1.54) is 4.31 Å². The second-order valence-corrected chi connectivity index (χ2v) is 6.88. The van der Waals surface area contributed by atoms with Crippen molar-refractivity contribution < 1.29 is 13.5 Å². The molecule has 0 spiro atoms. The maximum atomic E-state index is 12.2. The van der Waals surface area contributed by atoms with E-state index in [1.807, 2.05) is 0 Å². The van der Waals surface area contributed by atoms with Gasteiger partial charge >= 0.3 is 0 Å². The molecule has 2 fully saturated rings.